The van der Waals surface area contributed by atoms with Crippen LogP contribution in [-0.2, 0) is 6.54 Å². The highest BCUT2D eigenvalue weighted by molar-refractivity contribution is 5.92. The number of aromatic nitrogens is 7. The predicted octanol–water partition coefficient (Wildman–Crippen LogP) is 1.48. The van der Waals surface area contributed by atoms with E-state index >= 15 is 0 Å². The third-order valence-corrected chi connectivity index (χ3v) is 4.08. The number of tetrazole rings is 1. The van der Waals surface area contributed by atoms with Crippen LogP contribution in [0.4, 0.5) is 0 Å². The molecule has 0 aliphatic rings. The van der Waals surface area contributed by atoms with Gasteiger partial charge in [-0.3, -0.25) is 4.79 Å². The molecule has 4 rings (SSSR count). The number of hydrogen-bond acceptors (Lipinski definition) is 6. The van der Waals surface area contributed by atoms with Gasteiger partial charge in [-0.15, -0.1) is 15.3 Å². The monoisotopic (exact) mass is 348 g/mol. The minimum absolute atomic E-state index is 0.237. The summed E-state index contributed by atoms with van der Waals surface area (Å²) in [7, 11) is 0. The van der Waals surface area contributed by atoms with Crippen LogP contribution in [0.25, 0.3) is 10.8 Å². The summed E-state index contributed by atoms with van der Waals surface area (Å²) in [6.45, 7) is 2.30. The van der Waals surface area contributed by atoms with Gasteiger partial charge in [-0.2, -0.15) is 5.21 Å². The molecule has 1 amide bonds. The van der Waals surface area contributed by atoms with Crippen LogP contribution in [0.15, 0.2) is 48.7 Å². The van der Waals surface area contributed by atoms with Crippen LogP contribution < -0.4 is 5.32 Å². The van der Waals surface area contributed by atoms with Crippen molar-refractivity contribution in [2.75, 3.05) is 0 Å². The number of amides is 1. The van der Waals surface area contributed by atoms with Crippen LogP contribution in [-0.4, -0.2) is 41.5 Å². The van der Waals surface area contributed by atoms with Crippen molar-refractivity contribution in [3.63, 3.8) is 0 Å². The number of fused-ring (bicyclic) bond motifs is 1. The van der Waals surface area contributed by atoms with Gasteiger partial charge in [0.25, 0.3) is 5.91 Å². The lowest BCUT2D eigenvalue weighted by molar-refractivity contribution is 0.0933. The first-order valence-electron chi connectivity index (χ1n) is 8.11. The Morgan fingerprint density at radius 2 is 2.04 bits per heavy atom. The summed E-state index contributed by atoms with van der Waals surface area (Å²) < 4.78 is 1.65. The molecule has 2 aromatic carbocycles. The largest absolute Gasteiger partial charge is 0.341 e. The van der Waals surface area contributed by atoms with Crippen LogP contribution in [0.1, 0.15) is 34.8 Å². The fraction of sp³-hybridized carbons (Fsp3) is 0.176. The van der Waals surface area contributed by atoms with Gasteiger partial charge >= 0.3 is 0 Å². The van der Waals surface area contributed by atoms with Crippen molar-refractivity contribution in [1.82, 2.24) is 40.9 Å². The molecule has 1 atom stereocenters. The average molecular weight is 348 g/mol. The van der Waals surface area contributed by atoms with Crippen LogP contribution >= 0.6 is 0 Å². The normalized spacial score (nSPS) is 12.2. The van der Waals surface area contributed by atoms with E-state index in [0.29, 0.717) is 12.4 Å². The Morgan fingerprint density at radius 1 is 1.19 bits per heavy atom. The first-order chi connectivity index (χ1) is 12.7. The van der Waals surface area contributed by atoms with E-state index in [1.165, 1.54) is 0 Å². The molecule has 0 spiro atoms. The molecule has 2 heterocycles. The third-order valence-electron chi connectivity index (χ3n) is 4.08. The molecule has 2 aromatic heterocycles. The van der Waals surface area contributed by atoms with Gasteiger partial charge in [0.15, 0.2) is 11.5 Å². The number of aromatic amines is 1. The second-order valence-electron chi connectivity index (χ2n) is 5.90. The molecule has 0 fully saturated rings. The topological polar surface area (TPSA) is 114 Å². The molecule has 130 valence electrons. The van der Waals surface area contributed by atoms with Crippen LogP contribution in [0.2, 0.25) is 0 Å². The molecule has 0 bridgehead atoms. The van der Waals surface area contributed by atoms with E-state index in [0.717, 1.165) is 16.3 Å². The highest BCUT2D eigenvalue weighted by Crippen LogP contribution is 2.19. The molecule has 26 heavy (non-hydrogen) atoms. The molecule has 0 saturated heterocycles. The lowest BCUT2D eigenvalue weighted by atomic mass is 10.0. The van der Waals surface area contributed by atoms with Crippen molar-refractivity contribution in [2.45, 2.75) is 19.5 Å². The molecular formula is C17H16N8O. The molecule has 0 radical (unpaired) electrons. The van der Waals surface area contributed by atoms with Gasteiger partial charge in [0, 0.05) is 0 Å². The minimum atomic E-state index is -0.385. The number of carbonyl (C=O) groups excluding carboxylic acids is 1. The Balaban J connectivity index is 1.50. The van der Waals surface area contributed by atoms with E-state index < -0.39 is 0 Å². The molecule has 0 aliphatic carbocycles. The van der Waals surface area contributed by atoms with Gasteiger partial charge in [0.05, 0.1) is 18.8 Å². The molecule has 9 heteroatoms. The van der Waals surface area contributed by atoms with E-state index in [-0.39, 0.29) is 17.6 Å². The first kappa shape index (κ1) is 15.9. The maximum atomic E-state index is 12.3. The zero-order valence-electron chi connectivity index (χ0n) is 14.0. The summed E-state index contributed by atoms with van der Waals surface area (Å²) in [5.41, 5.74) is 1.35. The van der Waals surface area contributed by atoms with Crippen molar-refractivity contribution in [1.29, 1.82) is 0 Å². The molecule has 4 aromatic rings. The van der Waals surface area contributed by atoms with Gasteiger partial charge in [-0.1, -0.05) is 52.9 Å². The molecule has 0 aliphatic heterocycles. The average Bonchev–Trinajstić information content (AvgIpc) is 3.34. The summed E-state index contributed by atoms with van der Waals surface area (Å²) >= 11 is 0. The van der Waals surface area contributed by atoms with E-state index in [9.17, 15) is 4.79 Å². The number of nitrogens with one attached hydrogen (secondary N) is 2. The number of rotatable bonds is 5. The van der Waals surface area contributed by atoms with Gasteiger partial charge < -0.3 is 5.32 Å². The summed E-state index contributed by atoms with van der Waals surface area (Å²) in [6, 6.07) is 13.9. The lowest BCUT2D eigenvalue weighted by Crippen LogP contribution is -2.27. The predicted molar refractivity (Wildman–Crippen MR) is 93.1 cm³/mol. The van der Waals surface area contributed by atoms with Gasteiger partial charge in [-0.25, -0.2) is 4.68 Å². The summed E-state index contributed by atoms with van der Waals surface area (Å²) in [5, 5.41) is 26.6. The number of H-pyrrole nitrogens is 1. The smallest absolute Gasteiger partial charge is 0.274 e. The Kier molecular flexibility index (Phi) is 4.10. The van der Waals surface area contributed by atoms with Crippen molar-refractivity contribution >= 4 is 16.7 Å². The number of benzene rings is 2. The summed E-state index contributed by atoms with van der Waals surface area (Å²) in [4.78, 5) is 12.3. The Bertz CT molecular complexity index is 1030. The fourth-order valence-electron chi connectivity index (χ4n) is 2.77. The zero-order valence-corrected chi connectivity index (χ0v) is 14.0. The second-order valence-corrected chi connectivity index (χ2v) is 5.90. The van der Waals surface area contributed by atoms with Crippen molar-refractivity contribution in [3.8, 4) is 0 Å². The van der Waals surface area contributed by atoms with Gasteiger partial charge in [0.1, 0.15) is 0 Å². The highest BCUT2D eigenvalue weighted by atomic mass is 16.2. The fourth-order valence-corrected chi connectivity index (χ4v) is 2.77. The molecule has 2 N–H and O–H groups in total. The highest BCUT2D eigenvalue weighted by Gasteiger charge is 2.17. The summed E-state index contributed by atoms with van der Waals surface area (Å²) in [5.74, 6) is 0.0629. The van der Waals surface area contributed by atoms with E-state index in [1.54, 1.807) is 17.8 Å². The zero-order chi connectivity index (χ0) is 17.9. The quantitative estimate of drug-likeness (QED) is 0.565. The van der Waals surface area contributed by atoms with Crippen LogP contribution in [0.5, 0.6) is 0 Å². The molecule has 9 nitrogen and oxygen atoms in total. The summed E-state index contributed by atoms with van der Waals surface area (Å²) in [6.07, 6.45) is 1.63. The van der Waals surface area contributed by atoms with Gasteiger partial charge in [-0.05, 0) is 23.3 Å². The Hall–Kier alpha value is -3.62. The van der Waals surface area contributed by atoms with E-state index in [1.807, 2.05) is 24.3 Å². The number of nitrogens with zero attached hydrogens (tertiary/aromatic N) is 6. The van der Waals surface area contributed by atoms with Crippen molar-refractivity contribution in [2.24, 2.45) is 0 Å². The maximum absolute atomic E-state index is 12.3. The van der Waals surface area contributed by atoms with E-state index in [4.69, 9.17) is 0 Å². The van der Waals surface area contributed by atoms with Gasteiger partial charge in [0.2, 0.25) is 0 Å². The van der Waals surface area contributed by atoms with Crippen LogP contribution in [0.3, 0.4) is 0 Å². The Labute approximate surface area is 148 Å². The van der Waals surface area contributed by atoms with Crippen LogP contribution in [0, 0.1) is 0 Å². The number of carbonyl (C=O) groups is 1. The lowest BCUT2D eigenvalue weighted by Gasteiger charge is -2.07. The number of hydrogen-bond donors (Lipinski definition) is 2. The van der Waals surface area contributed by atoms with Crippen molar-refractivity contribution in [3.05, 3.63) is 65.7 Å². The SMILES string of the molecule is CC(NC(=O)c1cn(Cc2cccc3ccccc23)nn1)c1nn[nH]n1. The molecular weight excluding hydrogens is 332 g/mol. The van der Waals surface area contributed by atoms with Crippen molar-refractivity contribution < 1.29 is 4.79 Å². The molecule has 0 saturated carbocycles. The second kappa shape index (κ2) is 6.71. The third kappa shape index (κ3) is 3.14. The first-order valence-corrected chi connectivity index (χ1v) is 8.11. The Morgan fingerprint density at radius 3 is 2.88 bits per heavy atom. The maximum Gasteiger partial charge on any atom is 0.274 e. The molecule has 1 unspecified atom stereocenters. The standard InChI is InChI=1S/C17H16N8O/c1-11(16-20-22-23-21-16)18-17(26)15-10-25(24-19-15)9-13-7-4-6-12-5-2-3-8-14(12)13/h2-8,10-11H,9H2,1H3,(H,18,26)(H,20,21,22,23). The van der Waals surface area contributed by atoms with E-state index in [2.05, 4.69) is 54.5 Å². The minimum Gasteiger partial charge on any atom is -0.341 e.